The van der Waals surface area contributed by atoms with E-state index in [4.69, 9.17) is 10.5 Å². The third kappa shape index (κ3) is 3.72. The first-order chi connectivity index (χ1) is 10.3. The number of para-hydroxylation sites is 1. The van der Waals surface area contributed by atoms with Gasteiger partial charge in [0.15, 0.2) is 0 Å². The number of rotatable bonds is 5. The maximum atomic E-state index is 6.06. The molecule has 0 unspecified atom stereocenters. The number of hydrogen-bond donors (Lipinski definition) is 2. The fraction of sp³-hybridized carbons (Fsp3) is 0.333. The van der Waals surface area contributed by atoms with Gasteiger partial charge in [0.2, 0.25) is 5.13 Å². The fourth-order valence-electron chi connectivity index (χ4n) is 2.37. The molecule has 1 aliphatic carbocycles. The molecule has 0 radical (unpaired) electrons. The number of ether oxygens (including phenoxy) is 1. The number of nitrogen functional groups attached to an aromatic ring is 1. The van der Waals surface area contributed by atoms with Gasteiger partial charge in [0.05, 0.1) is 12.3 Å². The van der Waals surface area contributed by atoms with E-state index in [2.05, 4.69) is 15.5 Å². The maximum absolute atomic E-state index is 6.06. The molecule has 0 atom stereocenters. The van der Waals surface area contributed by atoms with Crippen molar-refractivity contribution in [2.24, 2.45) is 5.10 Å². The van der Waals surface area contributed by atoms with E-state index in [0.717, 1.165) is 24.2 Å². The SMILES string of the molecule is Nc1csc(NN=Cc2ccccc2OC2CCCC2)n1. The van der Waals surface area contributed by atoms with Crippen LogP contribution in [0, 0.1) is 0 Å². The second kappa shape index (κ2) is 6.58. The molecule has 1 heterocycles. The Bertz CT molecular complexity index is 620. The van der Waals surface area contributed by atoms with Gasteiger partial charge < -0.3 is 10.5 Å². The Morgan fingerprint density at radius 3 is 2.90 bits per heavy atom. The Balaban J connectivity index is 1.66. The lowest BCUT2D eigenvalue weighted by Gasteiger charge is -2.14. The second-order valence-electron chi connectivity index (χ2n) is 5.01. The number of aromatic nitrogens is 1. The standard InChI is InChI=1S/C15H18N4OS/c16-14-10-21-15(18-14)19-17-9-11-5-1-4-8-13(11)20-12-6-2-3-7-12/h1,4-5,8-10,12H,2-3,6-7,16H2,(H,18,19). The summed E-state index contributed by atoms with van der Waals surface area (Å²) >= 11 is 1.42. The monoisotopic (exact) mass is 302 g/mol. The van der Waals surface area contributed by atoms with Crippen molar-refractivity contribution in [3.05, 3.63) is 35.2 Å². The molecule has 6 heteroatoms. The van der Waals surface area contributed by atoms with Crippen LogP contribution in [0.25, 0.3) is 0 Å². The van der Waals surface area contributed by atoms with Crippen LogP contribution >= 0.6 is 11.3 Å². The van der Waals surface area contributed by atoms with Gasteiger partial charge >= 0.3 is 0 Å². The molecule has 0 amide bonds. The first-order valence-electron chi connectivity index (χ1n) is 7.07. The Morgan fingerprint density at radius 1 is 1.33 bits per heavy atom. The van der Waals surface area contributed by atoms with Crippen LogP contribution in [0.1, 0.15) is 31.2 Å². The third-order valence-electron chi connectivity index (χ3n) is 3.40. The Morgan fingerprint density at radius 2 is 2.14 bits per heavy atom. The van der Waals surface area contributed by atoms with Gasteiger partial charge in [-0.3, -0.25) is 5.43 Å². The van der Waals surface area contributed by atoms with Gasteiger partial charge in [0, 0.05) is 10.9 Å². The van der Waals surface area contributed by atoms with Crippen molar-refractivity contribution in [3.63, 3.8) is 0 Å². The minimum Gasteiger partial charge on any atom is -0.490 e. The first-order valence-corrected chi connectivity index (χ1v) is 7.95. The van der Waals surface area contributed by atoms with E-state index in [0.29, 0.717) is 17.1 Å². The molecule has 0 spiro atoms. The van der Waals surface area contributed by atoms with E-state index in [1.165, 1.54) is 24.2 Å². The summed E-state index contributed by atoms with van der Waals surface area (Å²) in [6.07, 6.45) is 6.89. The Hall–Kier alpha value is -2.08. The zero-order chi connectivity index (χ0) is 14.5. The molecule has 1 saturated carbocycles. The minimum atomic E-state index is 0.339. The van der Waals surface area contributed by atoms with Crippen LogP contribution < -0.4 is 15.9 Å². The summed E-state index contributed by atoms with van der Waals surface area (Å²) in [5.74, 6) is 1.39. The molecule has 5 nitrogen and oxygen atoms in total. The maximum Gasteiger partial charge on any atom is 0.205 e. The van der Waals surface area contributed by atoms with E-state index in [-0.39, 0.29) is 0 Å². The summed E-state index contributed by atoms with van der Waals surface area (Å²) in [5, 5.41) is 6.65. The molecule has 3 N–H and O–H groups in total. The van der Waals surface area contributed by atoms with Crippen molar-refractivity contribution < 1.29 is 4.74 Å². The predicted octanol–water partition coefficient (Wildman–Crippen LogP) is 3.49. The second-order valence-corrected chi connectivity index (χ2v) is 5.87. The average Bonchev–Trinajstić information content (AvgIpc) is 3.13. The number of benzene rings is 1. The lowest BCUT2D eigenvalue weighted by molar-refractivity contribution is 0.210. The zero-order valence-corrected chi connectivity index (χ0v) is 12.5. The van der Waals surface area contributed by atoms with Crippen molar-refractivity contribution in [1.29, 1.82) is 0 Å². The molecule has 1 fully saturated rings. The summed E-state index contributed by atoms with van der Waals surface area (Å²) in [5.41, 5.74) is 9.40. The largest absolute Gasteiger partial charge is 0.490 e. The summed E-state index contributed by atoms with van der Waals surface area (Å²) in [4.78, 5) is 4.09. The Labute approximate surface area is 127 Å². The lowest BCUT2D eigenvalue weighted by atomic mass is 10.2. The first kappa shape index (κ1) is 13.9. The molecule has 3 rings (SSSR count). The molecule has 1 aromatic carbocycles. The number of hydrogen-bond acceptors (Lipinski definition) is 6. The van der Waals surface area contributed by atoms with E-state index in [1.54, 1.807) is 11.6 Å². The quantitative estimate of drug-likeness (QED) is 0.655. The number of nitrogens with one attached hydrogen (secondary N) is 1. The molecule has 1 aromatic heterocycles. The lowest BCUT2D eigenvalue weighted by Crippen LogP contribution is -2.12. The van der Waals surface area contributed by atoms with E-state index in [9.17, 15) is 0 Å². The van der Waals surface area contributed by atoms with Gasteiger partial charge in [-0.25, -0.2) is 4.98 Å². The molecule has 0 aliphatic heterocycles. The van der Waals surface area contributed by atoms with Crippen molar-refractivity contribution in [2.45, 2.75) is 31.8 Å². The van der Waals surface area contributed by atoms with E-state index in [1.807, 2.05) is 24.3 Å². The average molecular weight is 302 g/mol. The highest BCUT2D eigenvalue weighted by atomic mass is 32.1. The van der Waals surface area contributed by atoms with Crippen LogP contribution in [0.15, 0.2) is 34.7 Å². The Kier molecular flexibility index (Phi) is 4.35. The fourth-order valence-corrected chi connectivity index (χ4v) is 2.92. The van der Waals surface area contributed by atoms with Crippen LogP contribution in [0.4, 0.5) is 10.9 Å². The predicted molar refractivity (Wildman–Crippen MR) is 87.1 cm³/mol. The molecule has 0 saturated heterocycles. The molecule has 2 aromatic rings. The van der Waals surface area contributed by atoms with Crippen molar-refractivity contribution in [1.82, 2.24) is 4.98 Å². The minimum absolute atomic E-state index is 0.339. The normalized spacial score (nSPS) is 15.6. The van der Waals surface area contributed by atoms with Crippen LogP contribution in [-0.2, 0) is 0 Å². The summed E-state index contributed by atoms with van der Waals surface area (Å²) in [6.45, 7) is 0. The number of hydrazone groups is 1. The highest BCUT2D eigenvalue weighted by Gasteiger charge is 2.17. The summed E-state index contributed by atoms with van der Waals surface area (Å²) in [6, 6.07) is 7.94. The summed E-state index contributed by atoms with van der Waals surface area (Å²) < 4.78 is 6.06. The van der Waals surface area contributed by atoms with Gasteiger partial charge in [-0.2, -0.15) is 5.10 Å². The smallest absolute Gasteiger partial charge is 0.205 e. The van der Waals surface area contributed by atoms with E-state index >= 15 is 0 Å². The molecule has 21 heavy (non-hydrogen) atoms. The highest BCUT2D eigenvalue weighted by Crippen LogP contribution is 2.26. The van der Waals surface area contributed by atoms with Crippen LogP contribution in [0.3, 0.4) is 0 Å². The van der Waals surface area contributed by atoms with Gasteiger partial charge in [-0.15, -0.1) is 11.3 Å². The van der Waals surface area contributed by atoms with Crippen LogP contribution in [0.5, 0.6) is 5.75 Å². The topological polar surface area (TPSA) is 72.5 Å². The number of anilines is 2. The van der Waals surface area contributed by atoms with Crippen molar-refractivity contribution >= 4 is 28.5 Å². The van der Waals surface area contributed by atoms with Gasteiger partial charge in [-0.1, -0.05) is 12.1 Å². The van der Waals surface area contributed by atoms with Crippen molar-refractivity contribution in [3.8, 4) is 5.75 Å². The molecule has 1 aliphatic rings. The number of thiazole rings is 1. The number of nitrogens with zero attached hydrogens (tertiary/aromatic N) is 2. The van der Waals surface area contributed by atoms with E-state index < -0.39 is 0 Å². The van der Waals surface area contributed by atoms with Gasteiger partial charge in [-0.05, 0) is 37.8 Å². The zero-order valence-electron chi connectivity index (χ0n) is 11.7. The molecule has 110 valence electrons. The van der Waals surface area contributed by atoms with Crippen LogP contribution in [-0.4, -0.2) is 17.3 Å². The highest BCUT2D eigenvalue weighted by molar-refractivity contribution is 7.14. The van der Waals surface area contributed by atoms with Crippen LogP contribution in [0.2, 0.25) is 0 Å². The van der Waals surface area contributed by atoms with Gasteiger partial charge in [0.25, 0.3) is 0 Å². The number of nitrogens with two attached hydrogens (primary N) is 1. The van der Waals surface area contributed by atoms with Crippen molar-refractivity contribution in [2.75, 3.05) is 11.2 Å². The summed E-state index contributed by atoms with van der Waals surface area (Å²) in [7, 11) is 0. The molecule has 0 bridgehead atoms. The van der Waals surface area contributed by atoms with Gasteiger partial charge in [0.1, 0.15) is 11.6 Å². The molecular formula is C15H18N4OS. The third-order valence-corrected chi connectivity index (χ3v) is 4.17. The molecular weight excluding hydrogens is 284 g/mol.